The van der Waals surface area contributed by atoms with Crippen molar-refractivity contribution in [2.45, 2.75) is 32.1 Å². The Bertz CT molecular complexity index is 526. The van der Waals surface area contributed by atoms with Crippen LogP contribution in [0.2, 0.25) is 0 Å². The molecule has 0 spiro atoms. The lowest BCUT2D eigenvalue weighted by Gasteiger charge is -2.30. The van der Waals surface area contributed by atoms with Crippen LogP contribution >= 0.6 is 0 Å². The first-order chi connectivity index (χ1) is 9.25. The van der Waals surface area contributed by atoms with Gasteiger partial charge in [0.25, 0.3) is 0 Å². The highest BCUT2D eigenvalue weighted by atomic mass is 15.2. The van der Waals surface area contributed by atoms with Gasteiger partial charge in [-0.1, -0.05) is 30.3 Å². The van der Waals surface area contributed by atoms with Gasteiger partial charge in [-0.2, -0.15) is 0 Å². The van der Waals surface area contributed by atoms with E-state index >= 15 is 0 Å². The quantitative estimate of drug-likeness (QED) is 0.913. The Morgan fingerprint density at radius 2 is 1.68 bits per heavy atom. The predicted molar refractivity (Wildman–Crippen MR) is 76.3 cm³/mol. The van der Waals surface area contributed by atoms with E-state index in [1.807, 2.05) is 18.3 Å². The summed E-state index contributed by atoms with van der Waals surface area (Å²) in [6.07, 6.45) is 1.84. The van der Waals surface area contributed by atoms with Gasteiger partial charge >= 0.3 is 0 Å². The van der Waals surface area contributed by atoms with Gasteiger partial charge in [0.15, 0.2) is 0 Å². The zero-order chi connectivity index (χ0) is 13.2. The SMILES string of the molecule is CC(N)C(c1ccccn1)N1Cc2ccccc2C1. The van der Waals surface area contributed by atoms with Crippen molar-refractivity contribution in [1.29, 1.82) is 0 Å². The molecule has 3 nitrogen and oxygen atoms in total. The van der Waals surface area contributed by atoms with E-state index in [2.05, 4.69) is 47.1 Å². The molecule has 0 saturated carbocycles. The molecule has 2 unspecified atom stereocenters. The zero-order valence-electron chi connectivity index (χ0n) is 11.2. The van der Waals surface area contributed by atoms with Crippen molar-refractivity contribution >= 4 is 0 Å². The standard InChI is InChI=1S/C16H19N3/c1-12(17)16(15-8-4-5-9-18-15)19-10-13-6-2-3-7-14(13)11-19/h2-9,12,16H,10-11,17H2,1H3. The predicted octanol–water partition coefficient (Wildman–Crippen LogP) is 2.49. The van der Waals surface area contributed by atoms with E-state index in [1.165, 1.54) is 11.1 Å². The van der Waals surface area contributed by atoms with E-state index in [0.29, 0.717) is 0 Å². The number of aromatic nitrogens is 1. The van der Waals surface area contributed by atoms with Crippen LogP contribution in [0.1, 0.15) is 29.8 Å². The molecule has 0 saturated heterocycles. The lowest BCUT2D eigenvalue weighted by Crippen LogP contribution is -2.37. The Hall–Kier alpha value is -1.71. The Labute approximate surface area is 114 Å². The summed E-state index contributed by atoms with van der Waals surface area (Å²) in [5, 5.41) is 0. The Balaban J connectivity index is 1.88. The molecule has 0 fully saturated rings. The highest BCUT2D eigenvalue weighted by molar-refractivity contribution is 5.31. The monoisotopic (exact) mass is 253 g/mol. The highest BCUT2D eigenvalue weighted by Gasteiger charge is 2.29. The maximum absolute atomic E-state index is 6.20. The summed E-state index contributed by atoms with van der Waals surface area (Å²) in [6.45, 7) is 3.97. The molecule has 2 N–H and O–H groups in total. The van der Waals surface area contributed by atoms with Crippen LogP contribution in [0.5, 0.6) is 0 Å². The topological polar surface area (TPSA) is 42.1 Å². The molecule has 0 aliphatic carbocycles. The number of hydrogen-bond acceptors (Lipinski definition) is 3. The van der Waals surface area contributed by atoms with Gasteiger partial charge in [0.2, 0.25) is 0 Å². The fraction of sp³-hybridized carbons (Fsp3) is 0.312. The molecule has 0 bridgehead atoms. The second kappa shape index (κ2) is 5.11. The van der Waals surface area contributed by atoms with E-state index in [4.69, 9.17) is 5.73 Å². The lowest BCUT2D eigenvalue weighted by molar-refractivity contribution is 0.174. The van der Waals surface area contributed by atoms with Crippen molar-refractivity contribution in [1.82, 2.24) is 9.88 Å². The number of hydrogen-bond donors (Lipinski definition) is 1. The van der Waals surface area contributed by atoms with Gasteiger partial charge in [-0.3, -0.25) is 9.88 Å². The van der Waals surface area contributed by atoms with Gasteiger partial charge in [0.05, 0.1) is 11.7 Å². The van der Waals surface area contributed by atoms with Crippen molar-refractivity contribution < 1.29 is 0 Å². The zero-order valence-corrected chi connectivity index (χ0v) is 11.2. The summed E-state index contributed by atoms with van der Waals surface area (Å²) in [5.41, 5.74) is 10.1. The van der Waals surface area contributed by atoms with Crippen LogP contribution in [-0.2, 0) is 13.1 Å². The van der Waals surface area contributed by atoms with Crippen molar-refractivity contribution in [3.8, 4) is 0 Å². The van der Waals surface area contributed by atoms with Crippen LogP contribution in [0, 0.1) is 0 Å². The minimum Gasteiger partial charge on any atom is -0.326 e. The Morgan fingerprint density at radius 3 is 2.21 bits per heavy atom. The maximum Gasteiger partial charge on any atom is 0.0676 e. The second-order valence-corrected chi connectivity index (χ2v) is 5.23. The molecule has 1 aromatic carbocycles. The first-order valence-corrected chi connectivity index (χ1v) is 6.73. The van der Waals surface area contributed by atoms with Crippen LogP contribution in [0.15, 0.2) is 48.7 Å². The molecule has 0 amide bonds. The molecule has 1 aromatic heterocycles. The van der Waals surface area contributed by atoms with Crippen molar-refractivity contribution in [2.75, 3.05) is 0 Å². The van der Waals surface area contributed by atoms with Gasteiger partial charge in [-0.15, -0.1) is 0 Å². The molecular weight excluding hydrogens is 234 g/mol. The average molecular weight is 253 g/mol. The summed E-state index contributed by atoms with van der Waals surface area (Å²) in [7, 11) is 0. The number of rotatable bonds is 3. The van der Waals surface area contributed by atoms with Gasteiger partial charge in [0, 0.05) is 25.3 Å². The molecule has 2 heterocycles. The Kier molecular flexibility index (Phi) is 3.32. The fourth-order valence-electron chi connectivity index (χ4n) is 2.90. The first kappa shape index (κ1) is 12.3. The van der Waals surface area contributed by atoms with Crippen LogP contribution in [0.3, 0.4) is 0 Å². The van der Waals surface area contributed by atoms with Crippen LogP contribution in [0.25, 0.3) is 0 Å². The molecule has 2 aromatic rings. The van der Waals surface area contributed by atoms with Crippen molar-refractivity contribution in [3.05, 3.63) is 65.5 Å². The Morgan fingerprint density at radius 1 is 1.05 bits per heavy atom. The summed E-state index contributed by atoms with van der Waals surface area (Å²) in [5.74, 6) is 0. The van der Waals surface area contributed by atoms with Crippen molar-refractivity contribution in [3.63, 3.8) is 0 Å². The number of fused-ring (bicyclic) bond motifs is 1. The van der Waals surface area contributed by atoms with Gasteiger partial charge < -0.3 is 5.73 Å². The molecule has 3 heteroatoms. The number of pyridine rings is 1. The third kappa shape index (κ3) is 2.39. The van der Waals surface area contributed by atoms with E-state index in [9.17, 15) is 0 Å². The van der Waals surface area contributed by atoms with Gasteiger partial charge in [-0.25, -0.2) is 0 Å². The minimum absolute atomic E-state index is 0.0595. The highest BCUT2D eigenvalue weighted by Crippen LogP contribution is 2.31. The lowest BCUT2D eigenvalue weighted by atomic mass is 10.0. The summed E-state index contributed by atoms with van der Waals surface area (Å²) in [4.78, 5) is 6.90. The van der Waals surface area contributed by atoms with E-state index < -0.39 is 0 Å². The molecule has 1 aliphatic rings. The van der Waals surface area contributed by atoms with Crippen LogP contribution < -0.4 is 5.73 Å². The summed E-state index contributed by atoms with van der Waals surface area (Å²) in [6, 6.07) is 14.9. The first-order valence-electron chi connectivity index (χ1n) is 6.73. The van der Waals surface area contributed by atoms with Crippen molar-refractivity contribution in [2.24, 2.45) is 5.73 Å². The molecule has 98 valence electrons. The molecule has 1 aliphatic heterocycles. The summed E-state index contributed by atoms with van der Waals surface area (Å²) < 4.78 is 0. The van der Waals surface area contributed by atoms with Gasteiger partial charge in [0.1, 0.15) is 0 Å². The fourth-order valence-corrected chi connectivity index (χ4v) is 2.90. The third-order valence-electron chi connectivity index (χ3n) is 3.75. The third-order valence-corrected chi connectivity index (χ3v) is 3.75. The maximum atomic E-state index is 6.20. The van der Waals surface area contributed by atoms with E-state index in [0.717, 1.165) is 18.8 Å². The average Bonchev–Trinajstić information content (AvgIpc) is 2.82. The minimum atomic E-state index is 0.0595. The number of nitrogens with two attached hydrogens (primary N) is 1. The van der Waals surface area contributed by atoms with Crippen LogP contribution in [0.4, 0.5) is 0 Å². The van der Waals surface area contributed by atoms with E-state index in [1.54, 1.807) is 0 Å². The molecule has 2 atom stereocenters. The number of nitrogens with zero attached hydrogens (tertiary/aromatic N) is 2. The van der Waals surface area contributed by atoms with Crippen LogP contribution in [-0.4, -0.2) is 15.9 Å². The molecular formula is C16H19N3. The largest absolute Gasteiger partial charge is 0.326 e. The molecule has 0 radical (unpaired) electrons. The van der Waals surface area contributed by atoms with E-state index in [-0.39, 0.29) is 12.1 Å². The second-order valence-electron chi connectivity index (χ2n) is 5.23. The smallest absolute Gasteiger partial charge is 0.0676 e. The normalized spacial score (nSPS) is 18.0. The molecule has 19 heavy (non-hydrogen) atoms. The number of benzene rings is 1. The summed E-state index contributed by atoms with van der Waals surface area (Å²) >= 11 is 0. The molecule has 3 rings (SSSR count). The van der Waals surface area contributed by atoms with Gasteiger partial charge in [-0.05, 0) is 30.2 Å².